The number of rotatable bonds is 6. The van der Waals surface area contributed by atoms with Crippen molar-refractivity contribution in [2.45, 2.75) is 30.7 Å². The van der Waals surface area contributed by atoms with E-state index in [0.717, 1.165) is 18.4 Å². The number of nitrogens with zero attached hydrogens (tertiary/aromatic N) is 3. The van der Waals surface area contributed by atoms with Gasteiger partial charge in [0.05, 0.1) is 30.2 Å². The van der Waals surface area contributed by atoms with Crippen molar-refractivity contribution in [3.8, 4) is 0 Å². The lowest BCUT2D eigenvalue weighted by Gasteiger charge is -2.18. The first-order valence-electron chi connectivity index (χ1n) is 6.55. The molecule has 3 rings (SSSR count). The summed E-state index contributed by atoms with van der Waals surface area (Å²) in [6.45, 7) is 0.378. The molecule has 106 valence electrons. The molecule has 1 aromatic carbocycles. The van der Waals surface area contributed by atoms with E-state index in [9.17, 15) is 8.42 Å². The van der Waals surface area contributed by atoms with Gasteiger partial charge in [0, 0.05) is 0 Å². The number of sulfonamides is 1. The van der Waals surface area contributed by atoms with Gasteiger partial charge in [0.1, 0.15) is 0 Å². The van der Waals surface area contributed by atoms with Crippen molar-refractivity contribution in [3.05, 3.63) is 48.3 Å². The first-order chi connectivity index (χ1) is 9.65. The molecule has 1 atom stereocenters. The van der Waals surface area contributed by atoms with Crippen molar-refractivity contribution in [2.24, 2.45) is 0 Å². The Morgan fingerprint density at radius 3 is 2.45 bits per heavy atom. The highest BCUT2D eigenvalue weighted by Crippen LogP contribution is 2.29. The summed E-state index contributed by atoms with van der Waals surface area (Å²) in [5, 5.41) is 7.85. The highest BCUT2D eigenvalue weighted by Gasteiger charge is 2.37. The van der Waals surface area contributed by atoms with Gasteiger partial charge in [-0.1, -0.05) is 30.3 Å². The van der Waals surface area contributed by atoms with E-state index in [4.69, 9.17) is 0 Å². The normalized spacial score (nSPS) is 17.0. The summed E-state index contributed by atoms with van der Waals surface area (Å²) in [6.07, 6.45) is 4.66. The molecule has 1 fully saturated rings. The van der Waals surface area contributed by atoms with Crippen LogP contribution >= 0.6 is 0 Å². The fourth-order valence-electron chi connectivity index (χ4n) is 2.07. The maximum atomic E-state index is 12.1. The molecule has 0 spiro atoms. The topological polar surface area (TPSA) is 76.9 Å². The molecule has 0 amide bonds. The van der Waals surface area contributed by atoms with Crippen LogP contribution in [-0.4, -0.2) is 28.7 Å². The summed E-state index contributed by atoms with van der Waals surface area (Å²) in [5.74, 6) is 0. The van der Waals surface area contributed by atoms with Crippen LogP contribution in [0.5, 0.6) is 0 Å². The molecule has 0 aliphatic heterocycles. The Bertz CT molecular complexity index is 651. The van der Waals surface area contributed by atoms with Crippen LogP contribution < -0.4 is 4.72 Å². The van der Waals surface area contributed by atoms with Gasteiger partial charge < -0.3 is 0 Å². The van der Waals surface area contributed by atoms with Gasteiger partial charge in [0.2, 0.25) is 10.0 Å². The molecule has 1 saturated carbocycles. The van der Waals surface area contributed by atoms with Gasteiger partial charge in [-0.3, -0.25) is 0 Å². The fraction of sp³-hybridized carbons (Fsp3) is 0.385. The second-order valence-corrected chi connectivity index (χ2v) is 6.90. The Kier molecular flexibility index (Phi) is 3.54. The fourth-order valence-corrected chi connectivity index (χ4v) is 3.63. The quantitative estimate of drug-likeness (QED) is 0.865. The van der Waals surface area contributed by atoms with Gasteiger partial charge in [-0.25, -0.2) is 13.1 Å². The standard InChI is InChI=1S/C13H16N4O2S/c18-20(19,12-6-7-12)16-13(10-17-14-8-9-15-17)11-4-2-1-3-5-11/h1-5,8-9,12-13,16H,6-7,10H2. The highest BCUT2D eigenvalue weighted by atomic mass is 32.2. The number of hydrogen-bond acceptors (Lipinski definition) is 4. The monoisotopic (exact) mass is 292 g/mol. The van der Waals surface area contributed by atoms with E-state index < -0.39 is 10.0 Å². The van der Waals surface area contributed by atoms with E-state index in [1.807, 2.05) is 30.3 Å². The summed E-state index contributed by atoms with van der Waals surface area (Å²) in [5.41, 5.74) is 0.911. The molecule has 7 heteroatoms. The number of benzene rings is 1. The van der Waals surface area contributed by atoms with Gasteiger partial charge in [-0.15, -0.1) is 0 Å². The Morgan fingerprint density at radius 1 is 1.20 bits per heavy atom. The van der Waals surface area contributed by atoms with Crippen LogP contribution in [0.25, 0.3) is 0 Å². The second kappa shape index (κ2) is 5.34. The minimum atomic E-state index is -3.26. The maximum Gasteiger partial charge on any atom is 0.215 e. The van der Waals surface area contributed by atoms with Gasteiger partial charge in [0.25, 0.3) is 0 Å². The first-order valence-corrected chi connectivity index (χ1v) is 8.10. The Balaban J connectivity index is 1.83. The minimum Gasteiger partial charge on any atom is -0.212 e. The predicted molar refractivity (Wildman–Crippen MR) is 74.3 cm³/mol. The summed E-state index contributed by atoms with van der Waals surface area (Å²) in [6, 6.07) is 9.15. The second-order valence-electron chi connectivity index (χ2n) is 4.91. The zero-order valence-corrected chi connectivity index (χ0v) is 11.7. The molecule has 20 heavy (non-hydrogen) atoms. The van der Waals surface area contributed by atoms with Gasteiger partial charge >= 0.3 is 0 Å². The Hall–Kier alpha value is -1.73. The van der Waals surface area contributed by atoms with E-state index in [-0.39, 0.29) is 11.3 Å². The largest absolute Gasteiger partial charge is 0.215 e. The van der Waals surface area contributed by atoms with Crippen molar-refractivity contribution >= 4 is 10.0 Å². The molecule has 0 bridgehead atoms. The predicted octanol–water partition coefficient (Wildman–Crippen LogP) is 1.10. The van der Waals surface area contributed by atoms with E-state index >= 15 is 0 Å². The lowest BCUT2D eigenvalue weighted by atomic mass is 10.1. The van der Waals surface area contributed by atoms with Gasteiger partial charge in [-0.2, -0.15) is 15.0 Å². The molecule has 1 aliphatic carbocycles. The van der Waals surface area contributed by atoms with Crippen molar-refractivity contribution in [1.29, 1.82) is 0 Å². The van der Waals surface area contributed by atoms with Crippen LogP contribution in [0, 0.1) is 0 Å². The van der Waals surface area contributed by atoms with E-state index in [1.54, 1.807) is 12.4 Å². The average molecular weight is 292 g/mol. The smallest absolute Gasteiger partial charge is 0.212 e. The van der Waals surface area contributed by atoms with Crippen molar-refractivity contribution in [1.82, 2.24) is 19.7 Å². The van der Waals surface area contributed by atoms with Crippen LogP contribution in [0.1, 0.15) is 24.4 Å². The summed E-state index contributed by atoms with van der Waals surface area (Å²) < 4.78 is 27.1. The summed E-state index contributed by atoms with van der Waals surface area (Å²) >= 11 is 0. The number of nitrogens with one attached hydrogen (secondary N) is 1. The molecule has 1 aromatic heterocycles. The van der Waals surface area contributed by atoms with Crippen molar-refractivity contribution < 1.29 is 8.42 Å². The number of aromatic nitrogens is 3. The lowest BCUT2D eigenvalue weighted by Crippen LogP contribution is -2.34. The average Bonchev–Trinajstić information content (AvgIpc) is 3.19. The third kappa shape index (κ3) is 3.05. The van der Waals surface area contributed by atoms with Crippen LogP contribution in [0.3, 0.4) is 0 Å². The van der Waals surface area contributed by atoms with Crippen LogP contribution in [-0.2, 0) is 16.6 Å². The third-order valence-corrected chi connectivity index (χ3v) is 5.25. The third-order valence-electron chi connectivity index (χ3n) is 3.28. The molecular weight excluding hydrogens is 276 g/mol. The molecule has 2 aromatic rings. The van der Waals surface area contributed by atoms with Crippen LogP contribution in [0.2, 0.25) is 0 Å². The SMILES string of the molecule is O=S(=O)(NC(Cn1nccn1)c1ccccc1)C1CC1. The van der Waals surface area contributed by atoms with E-state index in [1.165, 1.54) is 4.80 Å². The van der Waals surface area contributed by atoms with E-state index in [2.05, 4.69) is 14.9 Å². The molecule has 0 saturated heterocycles. The molecule has 1 N–H and O–H groups in total. The lowest BCUT2D eigenvalue weighted by molar-refractivity contribution is 0.444. The Morgan fingerprint density at radius 2 is 1.85 bits per heavy atom. The summed E-state index contributed by atoms with van der Waals surface area (Å²) in [4.78, 5) is 1.49. The molecule has 1 unspecified atom stereocenters. The summed E-state index contributed by atoms with van der Waals surface area (Å²) in [7, 11) is -3.26. The van der Waals surface area contributed by atoms with Gasteiger partial charge in [-0.05, 0) is 18.4 Å². The van der Waals surface area contributed by atoms with Crippen LogP contribution in [0.4, 0.5) is 0 Å². The zero-order valence-electron chi connectivity index (χ0n) is 10.9. The highest BCUT2D eigenvalue weighted by molar-refractivity contribution is 7.90. The van der Waals surface area contributed by atoms with Crippen molar-refractivity contribution in [3.63, 3.8) is 0 Å². The first kappa shape index (κ1) is 13.3. The van der Waals surface area contributed by atoms with Crippen molar-refractivity contribution in [2.75, 3.05) is 0 Å². The maximum absolute atomic E-state index is 12.1. The molecular formula is C13H16N4O2S. The molecule has 1 aliphatic rings. The van der Waals surface area contributed by atoms with Crippen LogP contribution in [0.15, 0.2) is 42.7 Å². The Labute approximate surface area is 117 Å². The molecule has 1 heterocycles. The number of hydrogen-bond donors (Lipinski definition) is 1. The van der Waals surface area contributed by atoms with E-state index in [0.29, 0.717) is 6.54 Å². The molecule has 6 nitrogen and oxygen atoms in total. The molecule has 0 radical (unpaired) electrons. The zero-order chi connectivity index (χ0) is 14.0. The van der Waals surface area contributed by atoms with Gasteiger partial charge in [0.15, 0.2) is 0 Å². The minimum absolute atomic E-state index is 0.237.